The smallest absolute Gasteiger partial charge is 0.275 e. The Kier molecular flexibility index (Phi) is 4.35. The van der Waals surface area contributed by atoms with Crippen LogP contribution in [0.3, 0.4) is 0 Å². The summed E-state index contributed by atoms with van der Waals surface area (Å²) < 4.78 is 1.44. The SMILES string of the molecule is CC(Cc1ccccn1)N(C)Cc1cc(=O)n2nc(C3CC3)sc2n1. The molecule has 3 aromatic heterocycles. The van der Waals surface area contributed by atoms with E-state index in [4.69, 9.17) is 0 Å². The van der Waals surface area contributed by atoms with Crippen molar-refractivity contribution in [1.29, 1.82) is 0 Å². The van der Waals surface area contributed by atoms with Gasteiger partial charge in [0.1, 0.15) is 5.01 Å². The van der Waals surface area contributed by atoms with Gasteiger partial charge in [0.25, 0.3) is 5.56 Å². The number of hydrogen-bond acceptors (Lipinski definition) is 6. The van der Waals surface area contributed by atoms with E-state index in [0.29, 0.717) is 23.5 Å². The third kappa shape index (κ3) is 3.62. The Morgan fingerprint density at radius 3 is 2.92 bits per heavy atom. The fourth-order valence-electron chi connectivity index (χ4n) is 2.84. The van der Waals surface area contributed by atoms with Crippen LogP contribution in [-0.4, -0.2) is 37.6 Å². The van der Waals surface area contributed by atoms with Gasteiger partial charge in [-0.2, -0.15) is 9.61 Å². The standard InChI is InChI=1S/C18H21N5OS/c1-12(9-14-5-3-4-8-19-14)22(2)11-15-10-16(24)23-18(20-15)25-17(21-23)13-6-7-13/h3-5,8,10,12-13H,6-7,9,11H2,1-2H3. The van der Waals surface area contributed by atoms with Gasteiger partial charge in [-0.25, -0.2) is 4.98 Å². The Morgan fingerprint density at radius 2 is 2.20 bits per heavy atom. The van der Waals surface area contributed by atoms with Gasteiger partial charge in [0, 0.05) is 42.9 Å². The van der Waals surface area contributed by atoms with Crippen molar-refractivity contribution >= 4 is 16.3 Å². The highest BCUT2D eigenvalue weighted by atomic mass is 32.1. The number of nitrogens with zero attached hydrogens (tertiary/aromatic N) is 5. The van der Waals surface area contributed by atoms with Crippen LogP contribution in [0.1, 0.15) is 42.1 Å². The number of hydrogen-bond donors (Lipinski definition) is 0. The zero-order valence-corrected chi connectivity index (χ0v) is 15.2. The van der Waals surface area contributed by atoms with E-state index in [9.17, 15) is 4.79 Å². The van der Waals surface area contributed by atoms with Gasteiger partial charge in [-0.1, -0.05) is 17.4 Å². The summed E-state index contributed by atoms with van der Waals surface area (Å²) in [5.41, 5.74) is 1.78. The van der Waals surface area contributed by atoms with Crippen molar-refractivity contribution in [2.45, 2.75) is 44.7 Å². The minimum atomic E-state index is -0.0890. The summed E-state index contributed by atoms with van der Waals surface area (Å²) in [7, 11) is 2.05. The van der Waals surface area contributed by atoms with Crippen LogP contribution >= 0.6 is 11.3 Å². The maximum absolute atomic E-state index is 12.3. The highest BCUT2D eigenvalue weighted by Crippen LogP contribution is 2.41. The van der Waals surface area contributed by atoms with Gasteiger partial charge >= 0.3 is 0 Å². The lowest BCUT2D eigenvalue weighted by atomic mass is 10.1. The van der Waals surface area contributed by atoms with Gasteiger partial charge in [-0.15, -0.1) is 0 Å². The molecule has 1 unspecified atom stereocenters. The molecule has 0 amide bonds. The van der Waals surface area contributed by atoms with Gasteiger partial charge < -0.3 is 0 Å². The summed E-state index contributed by atoms with van der Waals surface area (Å²) in [6, 6.07) is 7.88. The first-order valence-electron chi connectivity index (χ1n) is 8.60. The molecule has 130 valence electrons. The van der Waals surface area contributed by atoms with Gasteiger partial charge in [-0.3, -0.25) is 14.7 Å². The summed E-state index contributed by atoms with van der Waals surface area (Å²) in [5.74, 6) is 0.538. The summed E-state index contributed by atoms with van der Waals surface area (Å²) in [5, 5.41) is 5.46. The zero-order valence-electron chi connectivity index (χ0n) is 14.4. The van der Waals surface area contributed by atoms with Crippen LogP contribution in [-0.2, 0) is 13.0 Å². The third-order valence-electron chi connectivity index (χ3n) is 4.63. The zero-order chi connectivity index (χ0) is 17.4. The van der Waals surface area contributed by atoms with Crippen LogP contribution in [0.15, 0.2) is 35.3 Å². The molecule has 3 aromatic rings. The largest absolute Gasteiger partial charge is 0.297 e. The Bertz CT molecular complexity index is 932. The van der Waals surface area contributed by atoms with E-state index in [-0.39, 0.29) is 5.56 Å². The van der Waals surface area contributed by atoms with Crippen molar-refractivity contribution in [2.75, 3.05) is 7.05 Å². The molecule has 0 aliphatic heterocycles. The van der Waals surface area contributed by atoms with E-state index in [2.05, 4.69) is 33.9 Å². The number of rotatable bonds is 6. The number of fused-ring (bicyclic) bond motifs is 1. The molecule has 7 heteroatoms. The first-order valence-corrected chi connectivity index (χ1v) is 9.41. The van der Waals surface area contributed by atoms with Gasteiger partial charge in [0.2, 0.25) is 4.96 Å². The summed E-state index contributed by atoms with van der Waals surface area (Å²) >= 11 is 1.55. The maximum Gasteiger partial charge on any atom is 0.275 e. The van der Waals surface area contributed by atoms with Crippen LogP contribution in [0.5, 0.6) is 0 Å². The topological polar surface area (TPSA) is 63.4 Å². The molecule has 0 aromatic carbocycles. The highest BCUT2D eigenvalue weighted by molar-refractivity contribution is 7.16. The van der Waals surface area contributed by atoms with E-state index < -0.39 is 0 Å². The van der Waals surface area contributed by atoms with E-state index in [1.54, 1.807) is 17.4 Å². The summed E-state index contributed by atoms with van der Waals surface area (Å²) in [6.45, 7) is 2.80. The van der Waals surface area contributed by atoms with E-state index in [0.717, 1.165) is 22.8 Å². The molecule has 1 aliphatic rings. The third-order valence-corrected chi connectivity index (χ3v) is 5.71. The van der Waals surface area contributed by atoms with Crippen LogP contribution in [0.2, 0.25) is 0 Å². The Hall–Kier alpha value is -2.12. The molecule has 0 N–H and O–H groups in total. The molecule has 0 bridgehead atoms. The maximum atomic E-state index is 12.3. The summed E-state index contributed by atoms with van der Waals surface area (Å²) in [6.07, 6.45) is 5.04. The van der Waals surface area contributed by atoms with Crippen molar-refractivity contribution in [3.8, 4) is 0 Å². The quantitative estimate of drug-likeness (QED) is 0.680. The number of likely N-dealkylation sites (N-methyl/N-ethyl adjacent to an activating group) is 1. The molecule has 3 heterocycles. The van der Waals surface area contributed by atoms with Gasteiger partial charge in [-0.05, 0) is 38.9 Å². The Balaban J connectivity index is 1.50. The molecular formula is C18H21N5OS. The van der Waals surface area contributed by atoms with Gasteiger partial charge in [0.15, 0.2) is 0 Å². The first kappa shape index (κ1) is 16.4. The lowest BCUT2D eigenvalue weighted by molar-refractivity contribution is 0.244. The molecule has 1 saturated carbocycles. The monoisotopic (exact) mass is 355 g/mol. The van der Waals surface area contributed by atoms with E-state index in [1.807, 2.05) is 24.4 Å². The van der Waals surface area contributed by atoms with Crippen LogP contribution in [0.25, 0.3) is 4.96 Å². The lowest BCUT2D eigenvalue weighted by Crippen LogP contribution is -2.31. The van der Waals surface area contributed by atoms with Crippen molar-refractivity contribution < 1.29 is 0 Å². The average molecular weight is 355 g/mol. The second-order valence-corrected chi connectivity index (χ2v) is 7.77. The van der Waals surface area contributed by atoms with Crippen LogP contribution in [0.4, 0.5) is 0 Å². The average Bonchev–Trinajstić information content (AvgIpc) is 3.35. The molecule has 0 radical (unpaired) electrons. The Morgan fingerprint density at radius 1 is 1.36 bits per heavy atom. The fourth-order valence-corrected chi connectivity index (χ4v) is 3.93. The predicted octanol–water partition coefficient (Wildman–Crippen LogP) is 2.49. The fraction of sp³-hybridized carbons (Fsp3) is 0.444. The molecule has 25 heavy (non-hydrogen) atoms. The second-order valence-electron chi connectivity index (χ2n) is 6.78. The molecule has 6 nitrogen and oxygen atoms in total. The number of pyridine rings is 1. The minimum absolute atomic E-state index is 0.0890. The molecule has 0 saturated heterocycles. The van der Waals surface area contributed by atoms with Crippen LogP contribution in [0, 0.1) is 0 Å². The summed E-state index contributed by atoms with van der Waals surface area (Å²) in [4.78, 5) is 24.3. The second kappa shape index (κ2) is 6.65. The Labute approximate surface area is 150 Å². The van der Waals surface area contributed by atoms with Crippen molar-refractivity contribution in [3.05, 3.63) is 57.2 Å². The predicted molar refractivity (Wildman–Crippen MR) is 98.0 cm³/mol. The van der Waals surface area contributed by atoms with Crippen molar-refractivity contribution in [2.24, 2.45) is 0 Å². The van der Waals surface area contributed by atoms with E-state index in [1.165, 1.54) is 17.4 Å². The van der Waals surface area contributed by atoms with Crippen LogP contribution < -0.4 is 5.56 Å². The molecule has 1 aliphatic carbocycles. The molecule has 1 fully saturated rings. The highest BCUT2D eigenvalue weighted by Gasteiger charge is 2.28. The van der Waals surface area contributed by atoms with E-state index >= 15 is 0 Å². The number of aromatic nitrogens is 4. The first-order chi connectivity index (χ1) is 12.1. The molecule has 4 rings (SSSR count). The van der Waals surface area contributed by atoms with Crippen molar-refractivity contribution in [1.82, 2.24) is 24.5 Å². The minimum Gasteiger partial charge on any atom is -0.297 e. The molecular weight excluding hydrogens is 334 g/mol. The normalized spacial score (nSPS) is 15.8. The van der Waals surface area contributed by atoms with Crippen molar-refractivity contribution in [3.63, 3.8) is 0 Å². The molecule has 1 atom stereocenters. The lowest BCUT2D eigenvalue weighted by Gasteiger charge is -2.24. The van der Waals surface area contributed by atoms with Gasteiger partial charge in [0.05, 0.1) is 5.69 Å². The molecule has 0 spiro atoms.